The van der Waals surface area contributed by atoms with Gasteiger partial charge in [-0.3, -0.25) is 14.6 Å². The van der Waals surface area contributed by atoms with Gasteiger partial charge in [0.1, 0.15) is 5.82 Å². The van der Waals surface area contributed by atoms with Crippen LogP contribution in [0.15, 0.2) is 54.9 Å². The molecule has 0 atom stereocenters. The number of nitrogens with zero attached hydrogens (tertiary/aromatic N) is 2. The molecule has 27 heavy (non-hydrogen) atoms. The second-order valence-corrected chi connectivity index (χ2v) is 6.61. The Morgan fingerprint density at radius 3 is 2.59 bits per heavy atom. The maximum Gasteiger partial charge on any atom is 0.252 e. The highest BCUT2D eigenvalue weighted by atomic mass is 19.1. The Labute approximate surface area is 157 Å². The summed E-state index contributed by atoms with van der Waals surface area (Å²) < 4.78 is 12.9. The summed E-state index contributed by atoms with van der Waals surface area (Å²) in [6, 6.07) is 9.48. The van der Waals surface area contributed by atoms with Crippen molar-refractivity contribution in [2.24, 2.45) is 5.92 Å². The highest BCUT2D eigenvalue weighted by Gasteiger charge is 2.22. The maximum atomic E-state index is 12.9. The number of nitrogens with one attached hydrogen (secondary N) is 1. The van der Waals surface area contributed by atoms with E-state index >= 15 is 0 Å². The van der Waals surface area contributed by atoms with Gasteiger partial charge in [-0.1, -0.05) is 12.1 Å². The molecule has 2 amide bonds. The molecule has 0 unspecified atom stereocenters. The molecule has 1 fully saturated rings. The van der Waals surface area contributed by atoms with Crippen molar-refractivity contribution in [3.8, 4) is 0 Å². The van der Waals surface area contributed by atoms with Crippen LogP contribution in [-0.2, 0) is 4.79 Å². The molecule has 5 nitrogen and oxygen atoms in total. The van der Waals surface area contributed by atoms with Crippen LogP contribution in [0.25, 0.3) is 6.08 Å². The number of aromatic nitrogens is 1. The maximum absolute atomic E-state index is 12.9. The number of likely N-dealkylation sites (tertiary alicyclic amines) is 1. The van der Waals surface area contributed by atoms with Crippen LogP contribution in [-0.4, -0.2) is 41.3 Å². The average Bonchev–Trinajstić information content (AvgIpc) is 2.72. The van der Waals surface area contributed by atoms with Crippen LogP contribution >= 0.6 is 0 Å². The molecule has 1 aromatic heterocycles. The van der Waals surface area contributed by atoms with Crippen LogP contribution in [0.5, 0.6) is 0 Å². The molecule has 0 bridgehead atoms. The number of benzene rings is 1. The second-order valence-electron chi connectivity index (χ2n) is 6.61. The first kappa shape index (κ1) is 18.8. The van der Waals surface area contributed by atoms with Crippen molar-refractivity contribution in [3.63, 3.8) is 0 Å². The smallest absolute Gasteiger partial charge is 0.252 e. The topological polar surface area (TPSA) is 62.3 Å². The molecule has 1 N–H and O–H groups in total. The van der Waals surface area contributed by atoms with E-state index in [4.69, 9.17) is 0 Å². The first-order valence-corrected chi connectivity index (χ1v) is 9.02. The van der Waals surface area contributed by atoms with Gasteiger partial charge in [-0.15, -0.1) is 0 Å². The van der Waals surface area contributed by atoms with Crippen molar-refractivity contribution in [3.05, 3.63) is 71.8 Å². The van der Waals surface area contributed by atoms with Crippen molar-refractivity contribution in [2.75, 3.05) is 19.6 Å². The fourth-order valence-corrected chi connectivity index (χ4v) is 3.04. The number of rotatable bonds is 5. The zero-order valence-electron chi connectivity index (χ0n) is 15.0. The number of hydrogen-bond donors (Lipinski definition) is 1. The quantitative estimate of drug-likeness (QED) is 0.827. The molecule has 140 valence electrons. The first-order valence-electron chi connectivity index (χ1n) is 9.02. The summed E-state index contributed by atoms with van der Waals surface area (Å²) in [6.45, 7) is 1.93. The van der Waals surface area contributed by atoms with Crippen molar-refractivity contribution in [1.82, 2.24) is 15.2 Å². The van der Waals surface area contributed by atoms with E-state index in [0.29, 0.717) is 31.1 Å². The van der Waals surface area contributed by atoms with Crippen LogP contribution in [0.1, 0.15) is 28.8 Å². The Kier molecular flexibility index (Phi) is 6.30. The van der Waals surface area contributed by atoms with E-state index in [1.54, 1.807) is 47.6 Å². The minimum absolute atomic E-state index is 0.0443. The Hall–Kier alpha value is -3.02. The SMILES string of the molecule is O=C(NCC1CCN(C(=O)/C=C/c2ccc(F)cc2)CC1)c1cccnc1. The molecule has 3 rings (SSSR count). The molecule has 1 aliphatic rings. The summed E-state index contributed by atoms with van der Waals surface area (Å²) in [6.07, 6.45) is 8.10. The van der Waals surface area contributed by atoms with Crippen LogP contribution in [0, 0.1) is 11.7 Å². The van der Waals surface area contributed by atoms with Crippen LogP contribution in [0.4, 0.5) is 4.39 Å². The largest absolute Gasteiger partial charge is 0.352 e. The number of halogens is 1. The minimum Gasteiger partial charge on any atom is -0.352 e. The monoisotopic (exact) mass is 367 g/mol. The summed E-state index contributed by atoms with van der Waals surface area (Å²) in [5.41, 5.74) is 1.34. The lowest BCUT2D eigenvalue weighted by Gasteiger charge is -2.31. The number of hydrogen-bond acceptors (Lipinski definition) is 3. The van der Waals surface area contributed by atoms with Crippen molar-refractivity contribution < 1.29 is 14.0 Å². The summed E-state index contributed by atoms with van der Waals surface area (Å²) in [5.74, 6) is -0.104. The van der Waals surface area contributed by atoms with Crippen molar-refractivity contribution >= 4 is 17.9 Å². The highest BCUT2D eigenvalue weighted by molar-refractivity contribution is 5.93. The van der Waals surface area contributed by atoms with Gasteiger partial charge >= 0.3 is 0 Å². The van der Waals surface area contributed by atoms with Gasteiger partial charge in [0.25, 0.3) is 5.91 Å². The number of piperidine rings is 1. The summed E-state index contributed by atoms with van der Waals surface area (Å²) in [5, 5.41) is 2.94. The lowest BCUT2D eigenvalue weighted by atomic mass is 9.96. The Morgan fingerprint density at radius 1 is 1.19 bits per heavy atom. The van der Waals surface area contributed by atoms with E-state index in [0.717, 1.165) is 18.4 Å². The lowest BCUT2D eigenvalue weighted by molar-refractivity contribution is -0.127. The number of pyridine rings is 1. The van der Waals surface area contributed by atoms with Gasteiger partial charge in [-0.2, -0.15) is 0 Å². The van der Waals surface area contributed by atoms with Gasteiger partial charge < -0.3 is 10.2 Å². The molecule has 2 heterocycles. The molecule has 0 radical (unpaired) electrons. The van der Waals surface area contributed by atoms with Crippen molar-refractivity contribution in [1.29, 1.82) is 0 Å². The van der Waals surface area contributed by atoms with Gasteiger partial charge in [-0.25, -0.2) is 4.39 Å². The van der Waals surface area contributed by atoms with E-state index in [2.05, 4.69) is 10.3 Å². The predicted octanol–water partition coefficient (Wildman–Crippen LogP) is 2.90. The normalized spacial score (nSPS) is 15.1. The first-order chi connectivity index (χ1) is 13.1. The molecule has 2 aromatic rings. The van der Waals surface area contributed by atoms with E-state index < -0.39 is 0 Å². The molecule has 1 aliphatic heterocycles. The highest BCUT2D eigenvalue weighted by Crippen LogP contribution is 2.17. The Balaban J connectivity index is 1.42. The molecule has 0 spiro atoms. The third kappa shape index (κ3) is 5.48. The van der Waals surface area contributed by atoms with Crippen LogP contribution < -0.4 is 5.32 Å². The number of carbonyl (C=O) groups is 2. The average molecular weight is 367 g/mol. The number of amides is 2. The molecular weight excluding hydrogens is 345 g/mol. The van der Waals surface area contributed by atoms with Crippen molar-refractivity contribution in [2.45, 2.75) is 12.8 Å². The summed E-state index contributed by atoms with van der Waals surface area (Å²) in [4.78, 5) is 30.1. The molecule has 0 saturated carbocycles. The molecule has 1 aromatic carbocycles. The number of carbonyl (C=O) groups excluding carboxylic acids is 2. The van der Waals surface area contributed by atoms with E-state index in [9.17, 15) is 14.0 Å². The summed E-state index contributed by atoms with van der Waals surface area (Å²) >= 11 is 0. The lowest BCUT2D eigenvalue weighted by Crippen LogP contribution is -2.41. The zero-order chi connectivity index (χ0) is 19.1. The molecule has 0 aliphatic carbocycles. The van der Waals surface area contributed by atoms with Gasteiger partial charge in [0.05, 0.1) is 5.56 Å². The fourth-order valence-electron chi connectivity index (χ4n) is 3.04. The summed E-state index contributed by atoms with van der Waals surface area (Å²) in [7, 11) is 0. The van der Waals surface area contributed by atoms with E-state index in [-0.39, 0.29) is 17.6 Å². The van der Waals surface area contributed by atoms with Gasteiger partial charge in [-0.05, 0) is 54.7 Å². The van der Waals surface area contributed by atoms with Gasteiger partial charge in [0, 0.05) is 38.1 Å². The van der Waals surface area contributed by atoms with E-state index in [1.165, 1.54) is 18.2 Å². The fraction of sp³-hybridized carbons (Fsp3) is 0.286. The Morgan fingerprint density at radius 2 is 1.93 bits per heavy atom. The predicted molar refractivity (Wildman–Crippen MR) is 101 cm³/mol. The zero-order valence-corrected chi connectivity index (χ0v) is 15.0. The second kappa shape index (κ2) is 9.07. The van der Waals surface area contributed by atoms with Gasteiger partial charge in [0.15, 0.2) is 0 Å². The van der Waals surface area contributed by atoms with E-state index in [1.807, 2.05) is 0 Å². The van der Waals surface area contributed by atoms with Gasteiger partial charge in [0.2, 0.25) is 5.91 Å². The molecule has 1 saturated heterocycles. The Bertz CT molecular complexity index is 798. The van der Waals surface area contributed by atoms with Crippen LogP contribution in [0.3, 0.4) is 0 Å². The molecular formula is C21H22FN3O2. The third-order valence-electron chi connectivity index (χ3n) is 4.69. The standard InChI is InChI=1S/C21H22FN3O2/c22-19-6-3-16(4-7-19)5-8-20(26)25-12-9-17(10-13-25)14-24-21(27)18-2-1-11-23-15-18/h1-8,11,15,17H,9-10,12-14H2,(H,24,27)/b8-5+. The van der Waals surface area contributed by atoms with Crippen LogP contribution in [0.2, 0.25) is 0 Å². The minimum atomic E-state index is -0.295. The third-order valence-corrected chi connectivity index (χ3v) is 4.69. The molecule has 6 heteroatoms.